The molecule has 3 aromatic rings. The van der Waals surface area contributed by atoms with Crippen LogP contribution in [0.25, 0.3) is 11.4 Å². The van der Waals surface area contributed by atoms with Gasteiger partial charge in [0.1, 0.15) is 5.82 Å². The SMILES string of the molecule is Cc1ncc(-c2ccnc(Nc3ccc(C(=O)N4CC[C@H](NC5CC5)C4)cc3)n2)n1C(C)C. The Balaban J connectivity index is 1.25. The van der Waals surface area contributed by atoms with E-state index >= 15 is 0 Å². The Labute approximate surface area is 194 Å². The van der Waals surface area contributed by atoms with E-state index in [9.17, 15) is 4.79 Å². The fourth-order valence-corrected chi connectivity index (χ4v) is 4.53. The number of likely N-dealkylation sites (tertiary alicyclic amines) is 1. The van der Waals surface area contributed by atoms with Gasteiger partial charge in [-0.1, -0.05) is 0 Å². The number of carbonyl (C=O) groups is 1. The molecule has 0 radical (unpaired) electrons. The maximum Gasteiger partial charge on any atom is 0.253 e. The quantitative estimate of drug-likeness (QED) is 0.573. The molecule has 1 saturated heterocycles. The highest BCUT2D eigenvalue weighted by Crippen LogP contribution is 2.25. The summed E-state index contributed by atoms with van der Waals surface area (Å²) in [7, 11) is 0. The highest BCUT2D eigenvalue weighted by Gasteiger charge is 2.31. The Morgan fingerprint density at radius 3 is 2.58 bits per heavy atom. The minimum Gasteiger partial charge on any atom is -0.337 e. The van der Waals surface area contributed by atoms with Gasteiger partial charge in [0, 0.05) is 48.7 Å². The van der Waals surface area contributed by atoms with E-state index in [1.54, 1.807) is 6.20 Å². The topological polar surface area (TPSA) is 88.0 Å². The second kappa shape index (κ2) is 8.94. The van der Waals surface area contributed by atoms with Crippen LogP contribution in [0.5, 0.6) is 0 Å². The Kier molecular flexibility index (Phi) is 5.85. The Hall–Kier alpha value is -3.26. The van der Waals surface area contributed by atoms with Gasteiger partial charge in [0.05, 0.1) is 17.6 Å². The monoisotopic (exact) mass is 445 g/mol. The number of hydrogen-bond donors (Lipinski definition) is 2. The molecule has 2 N–H and O–H groups in total. The average molecular weight is 446 g/mol. The first-order valence-electron chi connectivity index (χ1n) is 11.8. The Morgan fingerprint density at radius 1 is 1.06 bits per heavy atom. The number of benzene rings is 1. The van der Waals surface area contributed by atoms with Crippen LogP contribution in [-0.2, 0) is 0 Å². The normalized spacial score (nSPS) is 18.2. The third-order valence-corrected chi connectivity index (χ3v) is 6.33. The second-order valence-electron chi connectivity index (χ2n) is 9.30. The average Bonchev–Trinajstić information content (AvgIpc) is 3.34. The van der Waals surface area contributed by atoms with Crippen LogP contribution < -0.4 is 10.6 Å². The Morgan fingerprint density at radius 2 is 1.85 bits per heavy atom. The number of amides is 1. The van der Waals surface area contributed by atoms with Crippen LogP contribution in [-0.4, -0.2) is 55.5 Å². The lowest BCUT2D eigenvalue weighted by Crippen LogP contribution is -2.36. The van der Waals surface area contributed by atoms with Crippen molar-refractivity contribution in [2.45, 2.75) is 58.2 Å². The molecule has 0 unspecified atom stereocenters. The Bertz CT molecular complexity index is 1130. The molecule has 1 aromatic carbocycles. The van der Waals surface area contributed by atoms with E-state index in [-0.39, 0.29) is 11.9 Å². The van der Waals surface area contributed by atoms with E-state index in [2.05, 4.69) is 44.0 Å². The van der Waals surface area contributed by atoms with Crippen LogP contribution in [0.15, 0.2) is 42.7 Å². The predicted molar refractivity (Wildman–Crippen MR) is 129 cm³/mol. The first-order valence-corrected chi connectivity index (χ1v) is 11.8. The molecule has 5 rings (SSSR count). The molecule has 3 heterocycles. The molecule has 8 nitrogen and oxygen atoms in total. The number of carbonyl (C=O) groups excluding carboxylic acids is 1. The molecule has 1 aliphatic heterocycles. The highest BCUT2D eigenvalue weighted by molar-refractivity contribution is 5.94. The van der Waals surface area contributed by atoms with Crippen LogP contribution in [0.2, 0.25) is 0 Å². The van der Waals surface area contributed by atoms with Gasteiger partial charge in [-0.15, -0.1) is 0 Å². The first-order chi connectivity index (χ1) is 16.0. The van der Waals surface area contributed by atoms with Gasteiger partial charge in [0.15, 0.2) is 0 Å². The van der Waals surface area contributed by atoms with E-state index in [1.807, 2.05) is 48.4 Å². The van der Waals surface area contributed by atoms with Crippen LogP contribution >= 0.6 is 0 Å². The fraction of sp³-hybridized carbons (Fsp3) is 0.440. The molecule has 0 spiro atoms. The van der Waals surface area contributed by atoms with E-state index in [1.165, 1.54) is 12.8 Å². The van der Waals surface area contributed by atoms with E-state index in [0.717, 1.165) is 42.4 Å². The maximum absolute atomic E-state index is 12.9. The minimum absolute atomic E-state index is 0.0946. The molecule has 2 fully saturated rings. The number of aromatic nitrogens is 4. The van der Waals surface area contributed by atoms with Crippen molar-refractivity contribution in [1.29, 1.82) is 0 Å². The van der Waals surface area contributed by atoms with Crippen molar-refractivity contribution in [3.05, 3.63) is 54.1 Å². The number of rotatable bonds is 7. The summed E-state index contributed by atoms with van der Waals surface area (Å²) < 4.78 is 2.16. The number of imidazole rings is 1. The molecule has 172 valence electrons. The van der Waals surface area contributed by atoms with E-state index < -0.39 is 0 Å². The summed E-state index contributed by atoms with van der Waals surface area (Å²) in [6.45, 7) is 7.87. The van der Waals surface area contributed by atoms with Crippen molar-refractivity contribution in [2.24, 2.45) is 0 Å². The largest absolute Gasteiger partial charge is 0.337 e. The molecule has 1 atom stereocenters. The summed E-state index contributed by atoms with van der Waals surface area (Å²) in [5.41, 5.74) is 3.33. The predicted octanol–water partition coefficient (Wildman–Crippen LogP) is 3.94. The second-order valence-corrected chi connectivity index (χ2v) is 9.30. The van der Waals surface area contributed by atoms with Crippen LogP contribution in [0.1, 0.15) is 55.3 Å². The highest BCUT2D eigenvalue weighted by atomic mass is 16.2. The number of nitrogens with zero attached hydrogens (tertiary/aromatic N) is 5. The van der Waals surface area contributed by atoms with Crippen molar-refractivity contribution < 1.29 is 4.79 Å². The fourth-order valence-electron chi connectivity index (χ4n) is 4.53. The van der Waals surface area contributed by atoms with Crippen LogP contribution in [0, 0.1) is 6.92 Å². The molecule has 2 aliphatic rings. The van der Waals surface area contributed by atoms with E-state index in [0.29, 0.717) is 23.6 Å². The molecule has 1 aliphatic carbocycles. The van der Waals surface area contributed by atoms with Gasteiger partial charge in [0.2, 0.25) is 5.95 Å². The molecule has 2 aromatic heterocycles. The number of aryl methyl sites for hydroxylation is 1. The zero-order valence-electron chi connectivity index (χ0n) is 19.5. The molecular formula is C25H31N7O. The summed E-state index contributed by atoms with van der Waals surface area (Å²) in [5, 5.41) is 6.88. The molecule has 1 amide bonds. The lowest BCUT2D eigenvalue weighted by Gasteiger charge is -2.17. The standard InChI is InChI=1S/C25H31N7O/c1-16(2)32-17(3)27-14-23(32)22-10-12-26-25(30-22)29-20-6-4-18(5-7-20)24(33)31-13-11-21(15-31)28-19-8-9-19/h4-7,10,12,14,16,19,21,28H,8-9,11,13,15H2,1-3H3,(H,26,29,30)/t21-/m0/s1. The lowest BCUT2D eigenvalue weighted by molar-refractivity contribution is 0.0789. The van der Waals surface area contributed by atoms with Gasteiger partial charge in [-0.25, -0.2) is 15.0 Å². The van der Waals surface area contributed by atoms with Crippen LogP contribution in [0.3, 0.4) is 0 Å². The first kappa shape index (κ1) is 21.6. The number of hydrogen-bond acceptors (Lipinski definition) is 6. The van der Waals surface area contributed by atoms with Crippen molar-refractivity contribution in [1.82, 2.24) is 29.7 Å². The third-order valence-electron chi connectivity index (χ3n) is 6.33. The zero-order valence-corrected chi connectivity index (χ0v) is 19.5. The van der Waals surface area contributed by atoms with Crippen molar-refractivity contribution in [3.63, 3.8) is 0 Å². The maximum atomic E-state index is 12.9. The smallest absolute Gasteiger partial charge is 0.253 e. The molecule has 33 heavy (non-hydrogen) atoms. The van der Waals surface area contributed by atoms with Gasteiger partial charge in [-0.2, -0.15) is 0 Å². The third kappa shape index (κ3) is 4.75. The van der Waals surface area contributed by atoms with Crippen molar-refractivity contribution >= 4 is 17.5 Å². The van der Waals surface area contributed by atoms with Crippen molar-refractivity contribution in [3.8, 4) is 11.4 Å². The summed E-state index contributed by atoms with van der Waals surface area (Å²) >= 11 is 0. The van der Waals surface area contributed by atoms with Gasteiger partial charge < -0.3 is 20.1 Å². The van der Waals surface area contributed by atoms with E-state index in [4.69, 9.17) is 0 Å². The molecule has 1 saturated carbocycles. The summed E-state index contributed by atoms with van der Waals surface area (Å²) in [5.74, 6) is 1.56. The molecule has 0 bridgehead atoms. The van der Waals surface area contributed by atoms with Gasteiger partial charge in [0.25, 0.3) is 5.91 Å². The minimum atomic E-state index is 0.0946. The van der Waals surface area contributed by atoms with Crippen LogP contribution in [0.4, 0.5) is 11.6 Å². The lowest BCUT2D eigenvalue weighted by atomic mass is 10.2. The summed E-state index contributed by atoms with van der Waals surface area (Å²) in [6.07, 6.45) is 7.17. The number of nitrogens with one attached hydrogen (secondary N) is 2. The molecular weight excluding hydrogens is 414 g/mol. The van der Waals surface area contributed by atoms with Gasteiger partial charge in [-0.05, 0) is 70.4 Å². The number of anilines is 2. The van der Waals surface area contributed by atoms with Gasteiger partial charge in [-0.3, -0.25) is 4.79 Å². The summed E-state index contributed by atoms with van der Waals surface area (Å²) in [4.78, 5) is 28.4. The van der Waals surface area contributed by atoms with Gasteiger partial charge >= 0.3 is 0 Å². The van der Waals surface area contributed by atoms with Crippen molar-refractivity contribution in [2.75, 3.05) is 18.4 Å². The summed E-state index contributed by atoms with van der Waals surface area (Å²) in [6, 6.07) is 10.8. The zero-order chi connectivity index (χ0) is 22.9. The molecule has 8 heteroatoms.